The molecule has 8 nitrogen and oxygen atoms in total. The Morgan fingerprint density at radius 2 is 1.51 bits per heavy atom. The standard InChI is InChI=1S/C31H33N3O5/c1-4-6-29(35)33-27-7-5-8-28-25(27)19-26(30(36)32-18-17-21-9-13-23(38-2)14-10-21)31(37)34(28)20-22-11-15-24(39-3)16-12-22/h5,7-16,19H,4,6,17-18,20H2,1-3H3,(H,32,36)(H,33,35). The highest BCUT2D eigenvalue weighted by molar-refractivity contribution is 6.04. The summed E-state index contributed by atoms with van der Waals surface area (Å²) in [5.74, 6) is 0.886. The first-order chi connectivity index (χ1) is 18.9. The summed E-state index contributed by atoms with van der Waals surface area (Å²) in [4.78, 5) is 39.4. The zero-order chi connectivity index (χ0) is 27.8. The van der Waals surface area contributed by atoms with Crippen LogP contribution in [0.25, 0.3) is 10.9 Å². The maximum atomic E-state index is 13.7. The Hall–Kier alpha value is -4.59. The molecule has 0 saturated heterocycles. The maximum absolute atomic E-state index is 13.7. The number of aromatic nitrogens is 1. The van der Waals surface area contributed by atoms with E-state index < -0.39 is 11.5 Å². The fourth-order valence-corrected chi connectivity index (χ4v) is 4.39. The molecule has 202 valence electrons. The van der Waals surface area contributed by atoms with Gasteiger partial charge in [0.05, 0.1) is 32.0 Å². The van der Waals surface area contributed by atoms with Crippen molar-refractivity contribution in [3.63, 3.8) is 0 Å². The molecule has 0 fully saturated rings. The third-order valence-corrected chi connectivity index (χ3v) is 6.49. The summed E-state index contributed by atoms with van der Waals surface area (Å²) in [7, 11) is 3.21. The Kier molecular flexibility index (Phi) is 8.99. The van der Waals surface area contributed by atoms with E-state index in [1.807, 2.05) is 61.5 Å². The molecule has 2 N–H and O–H groups in total. The first-order valence-electron chi connectivity index (χ1n) is 12.9. The number of anilines is 1. The van der Waals surface area contributed by atoms with Gasteiger partial charge in [-0.15, -0.1) is 0 Å². The minimum absolute atomic E-state index is 0.0166. The number of methoxy groups -OCH3 is 2. The van der Waals surface area contributed by atoms with Crippen LogP contribution in [0.3, 0.4) is 0 Å². The number of nitrogens with zero attached hydrogens (tertiary/aromatic N) is 1. The summed E-state index contributed by atoms with van der Waals surface area (Å²) >= 11 is 0. The van der Waals surface area contributed by atoms with E-state index in [1.165, 1.54) is 0 Å². The normalized spacial score (nSPS) is 10.7. The Bertz CT molecular complexity index is 1510. The molecular formula is C31H33N3O5. The van der Waals surface area contributed by atoms with Gasteiger partial charge in [-0.2, -0.15) is 0 Å². The van der Waals surface area contributed by atoms with E-state index >= 15 is 0 Å². The highest BCUT2D eigenvalue weighted by Crippen LogP contribution is 2.25. The Morgan fingerprint density at radius 3 is 2.13 bits per heavy atom. The molecule has 0 aliphatic heterocycles. The fourth-order valence-electron chi connectivity index (χ4n) is 4.39. The van der Waals surface area contributed by atoms with Crippen LogP contribution in [-0.4, -0.2) is 37.1 Å². The second-order valence-electron chi connectivity index (χ2n) is 9.19. The van der Waals surface area contributed by atoms with Crippen LogP contribution in [-0.2, 0) is 17.8 Å². The molecule has 0 spiro atoms. The first kappa shape index (κ1) is 27.4. The summed E-state index contributed by atoms with van der Waals surface area (Å²) in [5, 5.41) is 6.44. The van der Waals surface area contributed by atoms with Gasteiger partial charge in [-0.1, -0.05) is 37.3 Å². The Labute approximate surface area is 227 Å². The van der Waals surface area contributed by atoms with E-state index in [0.717, 1.165) is 16.9 Å². The third-order valence-electron chi connectivity index (χ3n) is 6.49. The molecule has 0 bridgehead atoms. The second-order valence-corrected chi connectivity index (χ2v) is 9.19. The number of pyridine rings is 1. The lowest BCUT2D eigenvalue weighted by Crippen LogP contribution is -2.34. The van der Waals surface area contributed by atoms with E-state index in [-0.39, 0.29) is 18.0 Å². The van der Waals surface area contributed by atoms with Gasteiger partial charge in [-0.05, 0) is 66.4 Å². The van der Waals surface area contributed by atoms with Crippen LogP contribution in [0.5, 0.6) is 11.5 Å². The van der Waals surface area contributed by atoms with Crippen LogP contribution < -0.4 is 25.7 Å². The first-order valence-corrected chi connectivity index (χ1v) is 12.9. The molecule has 1 aromatic heterocycles. The minimum Gasteiger partial charge on any atom is -0.497 e. The van der Waals surface area contributed by atoms with Crippen molar-refractivity contribution in [3.05, 3.63) is 99.8 Å². The van der Waals surface area contributed by atoms with Crippen LogP contribution in [0.2, 0.25) is 0 Å². The smallest absolute Gasteiger partial charge is 0.264 e. The van der Waals surface area contributed by atoms with E-state index in [1.54, 1.807) is 37.0 Å². The predicted molar refractivity (Wildman–Crippen MR) is 153 cm³/mol. The number of hydrogen-bond acceptors (Lipinski definition) is 5. The molecule has 39 heavy (non-hydrogen) atoms. The highest BCUT2D eigenvalue weighted by atomic mass is 16.5. The van der Waals surface area contributed by atoms with Crippen molar-refractivity contribution >= 4 is 28.4 Å². The van der Waals surface area contributed by atoms with E-state index in [4.69, 9.17) is 9.47 Å². The number of amides is 2. The number of ether oxygens (including phenoxy) is 2. The van der Waals surface area contributed by atoms with E-state index in [9.17, 15) is 14.4 Å². The number of hydrogen-bond donors (Lipinski definition) is 2. The van der Waals surface area contributed by atoms with Gasteiger partial charge in [-0.25, -0.2) is 0 Å². The number of rotatable bonds is 11. The predicted octanol–water partition coefficient (Wildman–Crippen LogP) is 4.78. The summed E-state index contributed by atoms with van der Waals surface area (Å²) in [6.45, 7) is 2.54. The van der Waals surface area contributed by atoms with Crippen molar-refractivity contribution in [2.45, 2.75) is 32.7 Å². The van der Waals surface area contributed by atoms with E-state index in [2.05, 4.69) is 10.6 Å². The SMILES string of the molecule is CCCC(=O)Nc1cccc2c1cc(C(=O)NCCc1ccc(OC)cc1)c(=O)n2Cc1ccc(OC)cc1. The molecule has 2 amide bonds. The summed E-state index contributed by atoms with van der Waals surface area (Å²) in [6, 6.07) is 22.0. The lowest BCUT2D eigenvalue weighted by Gasteiger charge is -2.16. The van der Waals surface area contributed by atoms with Crippen molar-refractivity contribution in [1.29, 1.82) is 0 Å². The van der Waals surface area contributed by atoms with Crippen LogP contribution >= 0.6 is 0 Å². The van der Waals surface area contributed by atoms with Gasteiger partial charge in [0.2, 0.25) is 5.91 Å². The summed E-state index contributed by atoms with van der Waals surface area (Å²) in [5.41, 5.74) is 2.70. The molecular weight excluding hydrogens is 494 g/mol. The van der Waals surface area contributed by atoms with Gasteiger partial charge < -0.3 is 24.7 Å². The zero-order valence-electron chi connectivity index (χ0n) is 22.5. The number of carbonyl (C=O) groups excluding carboxylic acids is 2. The fraction of sp³-hybridized carbons (Fsp3) is 0.258. The molecule has 0 aliphatic rings. The van der Waals surface area contributed by atoms with Crippen molar-refractivity contribution in [2.24, 2.45) is 0 Å². The molecule has 0 atom stereocenters. The number of nitrogens with one attached hydrogen (secondary N) is 2. The van der Waals surface area contributed by atoms with E-state index in [0.29, 0.717) is 48.1 Å². The molecule has 3 aromatic carbocycles. The lowest BCUT2D eigenvalue weighted by atomic mass is 10.1. The number of benzene rings is 3. The van der Waals surface area contributed by atoms with Gasteiger partial charge in [0.1, 0.15) is 17.1 Å². The summed E-state index contributed by atoms with van der Waals surface area (Å²) < 4.78 is 12.0. The monoisotopic (exact) mass is 527 g/mol. The van der Waals surface area contributed by atoms with Gasteiger partial charge in [-0.3, -0.25) is 14.4 Å². The highest BCUT2D eigenvalue weighted by Gasteiger charge is 2.18. The molecule has 4 rings (SSSR count). The molecule has 8 heteroatoms. The Morgan fingerprint density at radius 1 is 0.872 bits per heavy atom. The number of fused-ring (bicyclic) bond motifs is 1. The quantitative estimate of drug-likeness (QED) is 0.293. The largest absolute Gasteiger partial charge is 0.497 e. The lowest BCUT2D eigenvalue weighted by molar-refractivity contribution is -0.116. The van der Waals surface area contributed by atoms with Crippen LogP contribution in [0.1, 0.15) is 41.3 Å². The van der Waals surface area contributed by atoms with Crippen molar-refractivity contribution in [2.75, 3.05) is 26.1 Å². The van der Waals surface area contributed by atoms with Gasteiger partial charge >= 0.3 is 0 Å². The number of carbonyl (C=O) groups is 2. The molecule has 4 aromatic rings. The second kappa shape index (κ2) is 12.8. The Balaban J connectivity index is 1.68. The van der Waals surface area contributed by atoms with Crippen molar-refractivity contribution in [1.82, 2.24) is 9.88 Å². The average Bonchev–Trinajstić information content (AvgIpc) is 2.95. The average molecular weight is 528 g/mol. The molecule has 0 saturated carbocycles. The topological polar surface area (TPSA) is 98.7 Å². The molecule has 0 unspecified atom stereocenters. The van der Waals surface area contributed by atoms with Gasteiger partial charge in [0, 0.05) is 18.4 Å². The minimum atomic E-state index is -0.464. The van der Waals surface area contributed by atoms with Gasteiger partial charge in [0.15, 0.2) is 0 Å². The van der Waals surface area contributed by atoms with Gasteiger partial charge in [0.25, 0.3) is 11.5 Å². The van der Waals surface area contributed by atoms with Crippen molar-refractivity contribution < 1.29 is 19.1 Å². The molecule has 1 heterocycles. The molecule has 0 aliphatic carbocycles. The summed E-state index contributed by atoms with van der Waals surface area (Å²) in [6.07, 6.45) is 1.68. The van der Waals surface area contributed by atoms with Crippen molar-refractivity contribution in [3.8, 4) is 11.5 Å². The zero-order valence-corrected chi connectivity index (χ0v) is 22.5. The maximum Gasteiger partial charge on any atom is 0.264 e. The molecule has 0 radical (unpaired) electrons. The van der Waals surface area contributed by atoms with Crippen LogP contribution in [0.4, 0.5) is 5.69 Å². The van der Waals surface area contributed by atoms with Crippen LogP contribution in [0.15, 0.2) is 77.6 Å². The third kappa shape index (κ3) is 6.65. The van der Waals surface area contributed by atoms with Crippen LogP contribution in [0, 0.1) is 0 Å².